The van der Waals surface area contributed by atoms with Crippen LogP contribution in [0.3, 0.4) is 0 Å². The number of hydrogen-bond acceptors (Lipinski definition) is 6. The number of rotatable bonds is 8. The van der Waals surface area contributed by atoms with Crippen LogP contribution >= 0.6 is 47.3 Å². The zero-order valence-corrected chi connectivity index (χ0v) is 21.8. The Balaban J connectivity index is 1.54. The van der Waals surface area contributed by atoms with Crippen LogP contribution in [0.4, 0.5) is 5.69 Å². The van der Waals surface area contributed by atoms with Crippen LogP contribution in [-0.2, 0) is 11.4 Å². The molecule has 0 N–H and O–H groups in total. The minimum absolute atomic E-state index is 0.130. The normalized spacial score (nSPS) is 14.7. The molecule has 34 heavy (non-hydrogen) atoms. The van der Waals surface area contributed by atoms with Gasteiger partial charge in [-0.15, -0.1) is 11.8 Å². The van der Waals surface area contributed by atoms with Crippen LogP contribution in [0, 0.1) is 0 Å². The molecule has 1 aliphatic rings. The number of ether oxygens (including phenoxy) is 2. The highest BCUT2D eigenvalue weighted by Gasteiger charge is 2.33. The van der Waals surface area contributed by atoms with Crippen molar-refractivity contribution in [2.24, 2.45) is 0 Å². The van der Waals surface area contributed by atoms with E-state index in [1.807, 2.05) is 86.0 Å². The first kappa shape index (κ1) is 24.7. The van der Waals surface area contributed by atoms with E-state index in [0.29, 0.717) is 39.0 Å². The first-order chi connectivity index (χ1) is 16.5. The summed E-state index contributed by atoms with van der Waals surface area (Å²) in [5.41, 5.74) is 2.62. The Labute approximate surface area is 218 Å². The quantitative estimate of drug-likeness (QED) is 0.172. The van der Waals surface area contributed by atoms with E-state index in [1.165, 1.54) is 11.8 Å². The fourth-order valence-electron chi connectivity index (χ4n) is 3.33. The Morgan fingerprint density at radius 1 is 1.06 bits per heavy atom. The molecule has 3 aromatic carbocycles. The zero-order chi connectivity index (χ0) is 24.1. The number of benzene rings is 3. The lowest BCUT2D eigenvalue weighted by molar-refractivity contribution is -0.113. The van der Waals surface area contributed by atoms with Crippen LogP contribution in [0.15, 0.2) is 76.5 Å². The maximum Gasteiger partial charge on any atom is 0.270 e. The summed E-state index contributed by atoms with van der Waals surface area (Å²) in [5.74, 6) is 1.12. The number of carbonyl (C=O) groups excluding carboxylic acids is 1. The lowest BCUT2D eigenvalue weighted by Gasteiger charge is -2.15. The van der Waals surface area contributed by atoms with Crippen LogP contribution in [0.5, 0.6) is 11.5 Å². The lowest BCUT2D eigenvalue weighted by atomic mass is 10.1. The van der Waals surface area contributed by atoms with Gasteiger partial charge in [0, 0.05) is 9.92 Å². The predicted octanol–water partition coefficient (Wildman–Crippen LogP) is 7.45. The molecule has 0 unspecified atom stereocenters. The van der Waals surface area contributed by atoms with Crippen molar-refractivity contribution in [1.29, 1.82) is 0 Å². The molecule has 0 saturated carbocycles. The molecule has 0 radical (unpaired) electrons. The molecule has 1 amide bonds. The number of hydrogen-bond donors (Lipinski definition) is 0. The summed E-state index contributed by atoms with van der Waals surface area (Å²) < 4.78 is 12.3. The minimum atomic E-state index is -0.130. The van der Waals surface area contributed by atoms with Crippen LogP contribution < -0.4 is 14.4 Å². The summed E-state index contributed by atoms with van der Waals surface area (Å²) in [6.45, 7) is 2.81. The van der Waals surface area contributed by atoms with Crippen molar-refractivity contribution in [2.45, 2.75) is 18.4 Å². The Morgan fingerprint density at radius 2 is 1.85 bits per heavy atom. The van der Waals surface area contributed by atoms with E-state index in [9.17, 15) is 4.79 Å². The molecule has 0 spiro atoms. The van der Waals surface area contributed by atoms with E-state index in [0.717, 1.165) is 21.7 Å². The third kappa shape index (κ3) is 5.78. The molecule has 1 saturated heterocycles. The lowest BCUT2D eigenvalue weighted by Crippen LogP contribution is -2.27. The number of amides is 1. The van der Waals surface area contributed by atoms with E-state index >= 15 is 0 Å². The van der Waals surface area contributed by atoms with E-state index < -0.39 is 0 Å². The van der Waals surface area contributed by atoms with Gasteiger partial charge in [0.1, 0.15) is 6.61 Å². The smallest absolute Gasteiger partial charge is 0.270 e. The van der Waals surface area contributed by atoms with Gasteiger partial charge < -0.3 is 9.47 Å². The van der Waals surface area contributed by atoms with Crippen molar-refractivity contribution < 1.29 is 14.3 Å². The standard InChI is InChI=1S/C26H22ClNO3S3/c1-3-30-23-13-18(9-12-22(23)31-16-17-7-10-19(27)11-8-17)14-24-25(29)28(26(32)34-24)20-5-4-6-21(15-20)33-2/h4-15H,3,16H2,1-2H3/b24-14+. The number of carbonyl (C=O) groups is 1. The highest BCUT2D eigenvalue weighted by Crippen LogP contribution is 2.38. The van der Waals surface area contributed by atoms with Gasteiger partial charge in [0.2, 0.25) is 0 Å². The molecule has 3 aromatic rings. The number of halogens is 1. The molecule has 4 rings (SSSR count). The Hall–Kier alpha value is -2.45. The van der Waals surface area contributed by atoms with Gasteiger partial charge in [-0.1, -0.05) is 59.8 Å². The van der Waals surface area contributed by atoms with Gasteiger partial charge in [0.25, 0.3) is 5.91 Å². The van der Waals surface area contributed by atoms with E-state index in [4.69, 9.17) is 33.3 Å². The van der Waals surface area contributed by atoms with Crippen LogP contribution in [0.25, 0.3) is 6.08 Å². The average Bonchev–Trinajstić information content (AvgIpc) is 3.12. The number of thioether (sulfide) groups is 2. The molecular formula is C26H22ClNO3S3. The minimum Gasteiger partial charge on any atom is -0.490 e. The van der Waals surface area contributed by atoms with Crippen molar-refractivity contribution in [2.75, 3.05) is 17.8 Å². The highest BCUT2D eigenvalue weighted by molar-refractivity contribution is 8.27. The Bertz CT molecular complexity index is 1240. The van der Waals surface area contributed by atoms with Crippen LogP contribution in [0.1, 0.15) is 18.1 Å². The Morgan fingerprint density at radius 3 is 2.59 bits per heavy atom. The molecule has 174 valence electrons. The zero-order valence-electron chi connectivity index (χ0n) is 18.6. The summed E-state index contributed by atoms with van der Waals surface area (Å²) in [6, 6.07) is 21.0. The fraction of sp³-hybridized carbons (Fsp3) is 0.154. The molecule has 8 heteroatoms. The first-order valence-corrected chi connectivity index (χ1v) is 13.4. The van der Waals surface area contributed by atoms with Crippen molar-refractivity contribution in [3.8, 4) is 11.5 Å². The topological polar surface area (TPSA) is 38.8 Å². The first-order valence-electron chi connectivity index (χ1n) is 10.5. The van der Waals surface area contributed by atoms with Crippen molar-refractivity contribution in [3.05, 3.63) is 87.8 Å². The number of nitrogens with zero attached hydrogens (tertiary/aromatic N) is 1. The second kappa shape index (κ2) is 11.3. The fourth-order valence-corrected chi connectivity index (χ4v) is 5.21. The number of anilines is 1. The van der Waals surface area contributed by atoms with Crippen molar-refractivity contribution >= 4 is 69.3 Å². The van der Waals surface area contributed by atoms with Gasteiger partial charge in [-0.2, -0.15) is 0 Å². The Kier molecular flexibility index (Phi) is 8.21. The van der Waals surface area contributed by atoms with E-state index in [1.54, 1.807) is 16.7 Å². The van der Waals surface area contributed by atoms with Crippen molar-refractivity contribution in [3.63, 3.8) is 0 Å². The molecule has 1 fully saturated rings. The SMILES string of the molecule is CCOc1cc(/C=C2/SC(=S)N(c3cccc(SC)c3)C2=O)ccc1OCc1ccc(Cl)cc1. The van der Waals surface area contributed by atoms with Gasteiger partial charge in [-0.3, -0.25) is 9.69 Å². The molecular weight excluding hydrogens is 506 g/mol. The third-order valence-corrected chi connectivity index (χ3v) is 7.26. The maximum atomic E-state index is 13.2. The van der Waals surface area contributed by atoms with Crippen molar-refractivity contribution in [1.82, 2.24) is 0 Å². The second-order valence-electron chi connectivity index (χ2n) is 7.27. The average molecular weight is 528 g/mol. The molecule has 0 aromatic heterocycles. The van der Waals surface area contributed by atoms with Gasteiger partial charge >= 0.3 is 0 Å². The monoisotopic (exact) mass is 527 g/mol. The largest absolute Gasteiger partial charge is 0.490 e. The van der Waals surface area contributed by atoms with E-state index in [-0.39, 0.29) is 5.91 Å². The molecule has 1 heterocycles. The summed E-state index contributed by atoms with van der Waals surface area (Å²) >= 11 is 14.4. The molecule has 1 aliphatic heterocycles. The molecule has 0 atom stereocenters. The van der Waals surface area contributed by atoms with Gasteiger partial charge in [-0.05, 0) is 72.8 Å². The highest BCUT2D eigenvalue weighted by atomic mass is 35.5. The molecule has 0 bridgehead atoms. The third-order valence-electron chi connectivity index (χ3n) is 4.98. The van der Waals surface area contributed by atoms with Gasteiger partial charge in [0.15, 0.2) is 15.8 Å². The summed E-state index contributed by atoms with van der Waals surface area (Å²) in [5, 5.41) is 0.686. The van der Waals surface area contributed by atoms with Crippen LogP contribution in [-0.4, -0.2) is 23.1 Å². The summed E-state index contributed by atoms with van der Waals surface area (Å²) in [4.78, 5) is 16.4. The molecule has 4 nitrogen and oxygen atoms in total. The second-order valence-corrected chi connectivity index (χ2v) is 10.3. The summed E-state index contributed by atoms with van der Waals surface area (Å²) in [7, 11) is 0. The van der Waals surface area contributed by atoms with E-state index in [2.05, 4.69) is 0 Å². The number of thiocarbonyl (C=S) groups is 1. The molecule has 0 aliphatic carbocycles. The van der Waals surface area contributed by atoms with Gasteiger partial charge in [0.05, 0.1) is 17.2 Å². The summed E-state index contributed by atoms with van der Waals surface area (Å²) in [6.07, 6.45) is 3.84. The maximum absolute atomic E-state index is 13.2. The van der Waals surface area contributed by atoms with Gasteiger partial charge in [-0.25, -0.2) is 0 Å². The predicted molar refractivity (Wildman–Crippen MR) is 147 cm³/mol. The van der Waals surface area contributed by atoms with Crippen LogP contribution in [0.2, 0.25) is 5.02 Å².